The highest BCUT2D eigenvalue weighted by atomic mass is 19.1. The molecule has 3 atom stereocenters. The van der Waals surface area contributed by atoms with Crippen molar-refractivity contribution in [2.75, 3.05) is 6.54 Å². The summed E-state index contributed by atoms with van der Waals surface area (Å²) < 4.78 is 27.6. The number of pyridine rings is 1. The van der Waals surface area contributed by atoms with Crippen molar-refractivity contribution in [1.29, 1.82) is 0 Å². The van der Waals surface area contributed by atoms with Gasteiger partial charge < -0.3 is 15.7 Å². The quantitative estimate of drug-likeness (QED) is 0.428. The lowest BCUT2D eigenvalue weighted by atomic mass is 9.86. The summed E-state index contributed by atoms with van der Waals surface area (Å²) in [6.07, 6.45) is 4.57. The third kappa shape index (κ3) is 6.50. The number of rotatable bonds is 9. The normalized spacial score (nSPS) is 16.9. The Bertz CT molecular complexity index is 1140. The summed E-state index contributed by atoms with van der Waals surface area (Å²) in [6.45, 7) is 2.34. The molecule has 2 aromatic carbocycles. The monoisotopic (exact) mass is 479 g/mol. The summed E-state index contributed by atoms with van der Waals surface area (Å²) in [4.78, 5) is 16.8. The highest BCUT2D eigenvalue weighted by Crippen LogP contribution is 2.30. The number of aliphatic hydroxyl groups excluding tert-OH is 1. The van der Waals surface area contributed by atoms with Gasteiger partial charge in [0.05, 0.1) is 12.1 Å². The Morgan fingerprint density at radius 1 is 1.11 bits per heavy atom. The van der Waals surface area contributed by atoms with Gasteiger partial charge in [0.1, 0.15) is 17.3 Å². The smallest absolute Gasteiger partial charge is 0.270 e. The van der Waals surface area contributed by atoms with Crippen molar-refractivity contribution in [1.82, 2.24) is 15.6 Å². The maximum Gasteiger partial charge on any atom is 0.270 e. The van der Waals surface area contributed by atoms with E-state index in [2.05, 4.69) is 40.7 Å². The molecule has 5 nitrogen and oxygen atoms in total. The van der Waals surface area contributed by atoms with E-state index in [1.165, 1.54) is 35.0 Å². The standard InChI is InChI=1S/C28H31F2N3O2/c1-2-18-9-10-20-6-5-8-24(23(20)14-18)32-17-27(34)26(15-19-12-21(29)16-22(30)13-19)33-28(35)25-7-3-4-11-31-25/h3-4,7,9-14,16,24,26-27,32,34H,2,5-6,8,15,17H2,1H3,(H,33,35)/t24-,26-,27+/m0/s1. The summed E-state index contributed by atoms with van der Waals surface area (Å²) in [6, 6.07) is 14.1. The minimum Gasteiger partial charge on any atom is -0.390 e. The second kappa shape index (κ2) is 11.5. The summed E-state index contributed by atoms with van der Waals surface area (Å²) in [7, 11) is 0. The summed E-state index contributed by atoms with van der Waals surface area (Å²) in [5.41, 5.74) is 4.39. The van der Waals surface area contributed by atoms with E-state index in [4.69, 9.17) is 0 Å². The lowest BCUT2D eigenvalue weighted by Crippen LogP contribution is -2.49. The number of aromatic nitrogens is 1. The second-order valence-electron chi connectivity index (χ2n) is 9.08. The number of carbonyl (C=O) groups excluding carboxylic acids is 1. The maximum atomic E-state index is 13.8. The fraction of sp³-hybridized carbons (Fsp3) is 0.357. The average Bonchev–Trinajstić information content (AvgIpc) is 2.86. The van der Waals surface area contributed by atoms with Crippen molar-refractivity contribution in [2.45, 2.75) is 57.2 Å². The van der Waals surface area contributed by atoms with E-state index in [0.717, 1.165) is 31.7 Å². The van der Waals surface area contributed by atoms with E-state index in [1.807, 2.05) is 0 Å². The molecule has 0 spiro atoms. The minimum atomic E-state index is -0.992. The topological polar surface area (TPSA) is 74.2 Å². The van der Waals surface area contributed by atoms with Crippen molar-refractivity contribution in [3.8, 4) is 0 Å². The number of nitrogens with zero attached hydrogens (tertiary/aromatic N) is 1. The number of halogens is 2. The number of fused-ring (bicyclic) bond motifs is 1. The van der Waals surface area contributed by atoms with Gasteiger partial charge in [-0.15, -0.1) is 0 Å². The van der Waals surface area contributed by atoms with Crippen LogP contribution in [0, 0.1) is 11.6 Å². The van der Waals surface area contributed by atoms with Crippen LogP contribution in [0.1, 0.15) is 58.5 Å². The molecule has 1 heterocycles. The van der Waals surface area contributed by atoms with Gasteiger partial charge in [0.25, 0.3) is 5.91 Å². The molecule has 35 heavy (non-hydrogen) atoms. The number of amides is 1. The Hall–Kier alpha value is -3.16. The third-order valence-electron chi connectivity index (χ3n) is 6.56. The van der Waals surface area contributed by atoms with Crippen LogP contribution >= 0.6 is 0 Å². The lowest BCUT2D eigenvalue weighted by molar-refractivity contribution is 0.0818. The molecular weight excluding hydrogens is 448 g/mol. The second-order valence-corrected chi connectivity index (χ2v) is 9.08. The van der Waals surface area contributed by atoms with Gasteiger partial charge in [-0.1, -0.05) is 31.2 Å². The molecule has 7 heteroatoms. The fourth-order valence-electron chi connectivity index (χ4n) is 4.69. The van der Waals surface area contributed by atoms with Crippen molar-refractivity contribution in [3.05, 3.63) is 100 Å². The van der Waals surface area contributed by atoms with Gasteiger partial charge in [-0.25, -0.2) is 8.78 Å². The van der Waals surface area contributed by atoms with Crippen LogP contribution in [0.25, 0.3) is 0 Å². The van der Waals surface area contributed by atoms with Gasteiger partial charge in [0.2, 0.25) is 0 Å². The molecule has 0 bridgehead atoms. The SMILES string of the molecule is CCc1ccc2c(c1)[C@@H](NC[C@@H](O)[C@H](Cc1cc(F)cc(F)c1)NC(=O)c1ccccn1)CCC2. The molecule has 1 aliphatic carbocycles. The molecule has 0 saturated carbocycles. The molecule has 3 N–H and O–H groups in total. The molecule has 0 radical (unpaired) electrons. The van der Waals surface area contributed by atoms with Gasteiger partial charge in [-0.2, -0.15) is 0 Å². The molecule has 1 aliphatic rings. The maximum absolute atomic E-state index is 13.8. The van der Waals surface area contributed by atoms with Gasteiger partial charge in [0.15, 0.2) is 0 Å². The van der Waals surface area contributed by atoms with Crippen molar-refractivity contribution >= 4 is 5.91 Å². The molecule has 0 fully saturated rings. The first-order valence-corrected chi connectivity index (χ1v) is 12.1. The van der Waals surface area contributed by atoms with Crippen LogP contribution in [0.2, 0.25) is 0 Å². The number of carbonyl (C=O) groups is 1. The number of nitrogens with one attached hydrogen (secondary N) is 2. The fourth-order valence-corrected chi connectivity index (χ4v) is 4.69. The molecular formula is C28H31F2N3O2. The molecule has 1 aromatic heterocycles. The van der Waals surface area contributed by atoms with Crippen molar-refractivity contribution in [2.24, 2.45) is 0 Å². The van der Waals surface area contributed by atoms with Crippen molar-refractivity contribution in [3.63, 3.8) is 0 Å². The van der Waals surface area contributed by atoms with Gasteiger partial charge in [0, 0.05) is 24.8 Å². The third-order valence-corrected chi connectivity index (χ3v) is 6.56. The summed E-state index contributed by atoms with van der Waals surface area (Å²) in [5, 5.41) is 17.4. The van der Waals surface area contributed by atoms with E-state index in [1.54, 1.807) is 18.2 Å². The molecule has 184 valence electrons. The van der Waals surface area contributed by atoms with Crippen LogP contribution in [0.15, 0.2) is 60.8 Å². The highest BCUT2D eigenvalue weighted by molar-refractivity contribution is 5.92. The van der Waals surface area contributed by atoms with Crippen molar-refractivity contribution < 1.29 is 18.7 Å². The Morgan fingerprint density at radius 3 is 2.63 bits per heavy atom. The first-order valence-electron chi connectivity index (χ1n) is 12.1. The Morgan fingerprint density at radius 2 is 1.91 bits per heavy atom. The molecule has 1 amide bonds. The largest absolute Gasteiger partial charge is 0.390 e. The first-order chi connectivity index (χ1) is 16.9. The predicted molar refractivity (Wildman–Crippen MR) is 131 cm³/mol. The first kappa shape index (κ1) is 24.9. The van der Waals surface area contributed by atoms with Gasteiger partial charge >= 0.3 is 0 Å². The van der Waals surface area contributed by atoms with E-state index in [0.29, 0.717) is 5.56 Å². The summed E-state index contributed by atoms with van der Waals surface area (Å²) in [5.74, 6) is -1.86. The number of aliphatic hydroxyl groups is 1. The number of aryl methyl sites for hydroxylation is 2. The zero-order chi connectivity index (χ0) is 24.8. The Kier molecular flexibility index (Phi) is 8.21. The molecule has 0 saturated heterocycles. The van der Waals surface area contributed by atoms with Crippen LogP contribution in [0.3, 0.4) is 0 Å². The van der Waals surface area contributed by atoms with E-state index >= 15 is 0 Å². The molecule has 0 unspecified atom stereocenters. The molecule has 3 aromatic rings. The van der Waals surface area contributed by atoms with Gasteiger partial charge in [-0.05, 0) is 78.6 Å². The zero-order valence-corrected chi connectivity index (χ0v) is 19.8. The van der Waals surface area contributed by atoms with Crippen LogP contribution < -0.4 is 10.6 Å². The molecule has 0 aliphatic heterocycles. The average molecular weight is 480 g/mol. The number of hydrogen-bond acceptors (Lipinski definition) is 4. The Labute approximate surface area is 204 Å². The van der Waals surface area contributed by atoms with Gasteiger partial charge in [-0.3, -0.25) is 9.78 Å². The van der Waals surface area contributed by atoms with E-state index in [9.17, 15) is 18.7 Å². The lowest BCUT2D eigenvalue weighted by Gasteiger charge is -2.30. The molecule has 4 rings (SSSR count). The minimum absolute atomic E-state index is 0.0668. The zero-order valence-electron chi connectivity index (χ0n) is 19.8. The van der Waals surface area contributed by atoms with E-state index < -0.39 is 29.7 Å². The number of hydrogen-bond donors (Lipinski definition) is 3. The predicted octanol–water partition coefficient (Wildman–Crippen LogP) is 4.29. The van der Waals surface area contributed by atoms with Crippen LogP contribution in [-0.2, 0) is 19.3 Å². The number of benzene rings is 2. The highest BCUT2D eigenvalue weighted by Gasteiger charge is 2.26. The van der Waals surface area contributed by atoms with Crippen LogP contribution in [0.4, 0.5) is 8.78 Å². The van der Waals surface area contributed by atoms with E-state index in [-0.39, 0.29) is 24.7 Å². The van der Waals surface area contributed by atoms with Crippen LogP contribution in [0.5, 0.6) is 0 Å². The van der Waals surface area contributed by atoms with Crippen LogP contribution in [-0.4, -0.2) is 34.7 Å². The summed E-state index contributed by atoms with van der Waals surface area (Å²) >= 11 is 0. The Balaban J connectivity index is 1.50.